The summed E-state index contributed by atoms with van der Waals surface area (Å²) in [5.41, 5.74) is 0.436. The van der Waals surface area contributed by atoms with Crippen molar-refractivity contribution in [1.82, 2.24) is 0 Å². The van der Waals surface area contributed by atoms with Crippen molar-refractivity contribution in [2.45, 2.75) is 19.6 Å². The Morgan fingerprint density at radius 1 is 1.57 bits per heavy atom. The maximum Gasteiger partial charge on any atom is 0.189 e. The highest BCUT2D eigenvalue weighted by atomic mass is 35.5. The van der Waals surface area contributed by atoms with Gasteiger partial charge in [-0.1, -0.05) is 17.7 Å². The Hall–Kier alpha value is -0.640. The Kier molecular flexibility index (Phi) is 3.48. The number of hydrogen-bond acceptors (Lipinski definition) is 2. The molecule has 0 spiro atoms. The number of halogens is 2. The third-order valence-electron chi connectivity index (χ3n) is 1.88. The molecule has 0 saturated carbocycles. The molecular weight excluding hydrogens is 207 g/mol. The summed E-state index contributed by atoms with van der Waals surface area (Å²) in [5.74, 6) is -1.94. The molecule has 14 heavy (non-hydrogen) atoms. The lowest BCUT2D eigenvalue weighted by Gasteiger charge is -2.23. The molecule has 4 heteroatoms. The van der Waals surface area contributed by atoms with Gasteiger partial charge in [0.15, 0.2) is 5.79 Å². The molecule has 78 valence electrons. The second-order valence-corrected chi connectivity index (χ2v) is 3.45. The molecule has 1 rings (SSSR count). The fraction of sp³-hybridized carbons (Fsp3) is 0.400. The predicted octanol–water partition coefficient (Wildman–Crippen LogP) is 2.68. The summed E-state index contributed by atoms with van der Waals surface area (Å²) >= 11 is 5.58. The fourth-order valence-electron chi connectivity index (χ4n) is 1.15. The molecule has 1 atom stereocenters. The summed E-state index contributed by atoms with van der Waals surface area (Å²) in [7, 11) is 0. The first-order valence-corrected chi connectivity index (χ1v) is 4.67. The van der Waals surface area contributed by atoms with Gasteiger partial charge in [-0.3, -0.25) is 0 Å². The van der Waals surface area contributed by atoms with E-state index < -0.39 is 11.6 Å². The van der Waals surface area contributed by atoms with Crippen LogP contribution in [0.1, 0.15) is 19.4 Å². The minimum absolute atomic E-state index is 0.0255. The molecule has 0 heterocycles. The van der Waals surface area contributed by atoms with Crippen molar-refractivity contribution in [3.8, 4) is 0 Å². The Balaban J connectivity index is 3.01. The van der Waals surface area contributed by atoms with E-state index >= 15 is 0 Å². The lowest BCUT2D eigenvalue weighted by atomic mass is 10.1. The van der Waals surface area contributed by atoms with E-state index in [1.165, 1.54) is 25.1 Å². The number of ether oxygens (including phenoxy) is 1. The third-order valence-corrected chi connectivity index (χ3v) is 2.17. The van der Waals surface area contributed by atoms with Crippen molar-refractivity contribution in [3.05, 3.63) is 34.6 Å². The third kappa shape index (κ3) is 2.44. The fourth-order valence-corrected chi connectivity index (χ4v) is 1.33. The summed E-state index contributed by atoms with van der Waals surface area (Å²) < 4.78 is 17.9. The van der Waals surface area contributed by atoms with Gasteiger partial charge in [-0.2, -0.15) is 0 Å². The van der Waals surface area contributed by atoms with Crippen LogP contribution in [0.25, 0.3) is 0 Å². The van der Waals surface area contributed by atoms with Gasteiger partial charge in [-0.25, -0.2) is 4.39 Å². The monoisotopic (exact) mass is 218 g/mol. The second-order valence-electron chi connectivity index (χ2n) is 3.04. The van der Waals surface area contributed by atoms with Crippen molar-refractivity contribution in [1.29, 1.82) is 0 Å². The summed E-state index contributed by atoms with van der Waals surface area (Å²) in [4.78, 5) is 0. The van der Waals surface area contributed by atoms with Crippen molar-refractivity contribution in [2.24, 2.45) is 0 Å². The van der Waals surface area contributed by atoms with Gasteiger partial charge < -0.3 is 9.84 Å². The highest BCUT2D eigenvalue weighted by Crippen LogP contribution is 2.26. The average Bonchev–Trinajstić information content (AvgIpc) is 2.09. The maximum atomic E-state index is 12.8. The van der Waals surface area contributed by atoms with Crippen LogP contribution in [0.4, 0.5) is 4.39 Å². The minimum Gasteiger partial charge on any atom is -0.362 e. The Bertz CT molecular complexity index is 326. The van der Waals surface area contributed by atoms with E-state index in [-0.39, 0.29) is 5.02 Å². The maximum absolute atomic E-state index is 12.8. The SMILES string of the molecule is CCOC(C)(O)c1ccc(F)c(Cl)c1. The Morgan fingerprint density at radius 2 is 2.21 bits per heavy atom. The molecule has 1 aromatic rings. The normalized spacial score (nSPS) is 15.2. The molecule has 0 fully saturated rings. The van der Waals surface area contributed by atoms with Gasteiger partial charge in [-0.15, -0.1) is 0 Å². The lowest BCUT2D eigenvalue weighted by Crippen LogP contribution is -2.25. The van der Waals surface area contributed by atoms with Crippen LogP contribution in [0.5, 0.6) is 0 Å². The quantitative estimate of drug-likeness (QED) is 0.791. The molecule has 1 unspecified atom stereocenters. The number of aliphatic hydroxyl groups is 1. The average molecular weight is 219 g/mol. The molecule has 0 aliphatic rings. The first-order chi connectivity index (χ1) is 6.47. The van der Waals surface area contributed by atoms with Crippen LogP contribution in [0.2, 0.25) is 5.02 Å². The van der Waals surface area contributed by atoms with Crippen LogP contribution in [-0.2, 0) is 10.5 Å². The highest BCUT2D eigenvalue weighted by molar-refractivity contribution is 6.30. The lowest BCUT2D eigenvalue weighted by molar-refractivity contribution is -0.195. The standard InChI is InChI=1S/C10H12ClFO2/c1-3-14-10(2,13)7-4-5-9(12)8(11)6-7/h4-6,13H,3H2,1-2H3. The smallest absolute Gasteiger partial charge is 0.189 e. The molecule has 1 aromatic carbocycles. The van der Waals surface area contributed by atoms with E-state index in [1.807, 2.05) is 0 Å². The Morgan fingerprint density at radius 3 is 2.71 bits per heavy atom. The summed E-state index contributed by atoms with van der Waals surface area (Å²) in [6.07, 6.45) is 0. The molecule has 0 bridgehead atoms. The largest absolute Gasteiger partial charge is 0.362 e. The van der Waals surface area contributed by atoms with E-state index in [2.05, 4.69) is 0 Å². The van der Waals surface area contributed by atoms with Gasteiger partial charge in [0.2, 0.25) is 0 Å². The second kappa shape index (κ2) is 4.26. The van der Waals surface area contributed by atoms with Crippen LogP contribution in [0.15, 0.2) is 18.2 Å². The first-order valence-electron chi connectivity index (χ1n) is 4.29. The first kappa shape index (κ1) is 11.4. The minimum atomic E-state index is -1.42. The van der Waals surface area contributed by atoms with Crippen LogP contribution in [0, 0.1) is 5.82 Å². The number of benzene rings is 1. The van der Waals surface area contributed by atoms with Gasteiger partial charge in [0.1, 0.15) is 5.82 Å². The zero-order chi connectivity index (χ0) is 10.8. The summed E-state index contributed by atoms with van der Waals surface area (Å²) in [5, 5.41) is 9.77. The van der Waals surface area contributed by atoms with Crippen molar-refractivity contribution >= 4 is 11.6 Å². The van der Waals surface area contributed by atoms with Crippen LogP contribution in [-0.4, -0.2) is 11.7 Å². The molecule has 1 N–H and O–H groups in total. The topological polar surface area (TPSA) is 29.5 Å². The van der Waals surface area contributed by atoms with Gasteiger partial charge in [0.25, 0.3) is 0 Å². The van der Waals surface area contributed by atoms with Gasteiger partial charge in [-0.05, 0) is 26.0 Å². The molecule has 0 radical (unpaired) electrons. The Labute approximate surface area is 87.3 Å². The molecule has 0 aromatic heterocycles. The number of rotatable bonds is 3. The van der Waals surface area contributed by atoms with E-state index in [0.29, 0.717) is 12.2 Å². The van der Waals surface area contributed by atoms with E-state index in [9.17, 15) is 9.50 Å². The van der Waals surface area contributed by atoms with Crippen LogP contribution < -0.4 is 0 Å². The summed E-state index contributed by atoms with van der Waals surface area (Å²) in [6.45, 7) is 3.61. The molecule has 0 aliphatic heterocycles. The van der Waals surface area contributed by atoms with Gasteiger partial charge in [0.05, 0.1) is 5.02 Å². The van der Waals surface area contributed by atoms with E-state index in [1.54, 1.807) is 6.92 Å². The van der Waals surface area contributed by atoms with Crippen molar-refractivity contribution < 1.29 is 14.2 Å². The molecular formula is C10H12ClFO2. The van der Waals surface area contributed by atoms with Crippen LogP contribution >= 0.6 is 11.6 Å². The molecule has 0 saturated heterocycles. The molecule has 2 nitrogen and oxygen atoms in total. The summed E-state index contributed by atoms with van der Waals surface area (Å²) in [6, 6.07) is 3.99. The molecule has 0 aliphatic carbocycles. The molecule has 0 amide bonds. The van der Waals surface area contributed by atoms with Crippen LogP contribution in [0.3, 0.4) is 0 Å². The predicted molar refractivity (Wildman–Crippen MR) is 52.6 cm³/mol. The van der Waals surface area contributed by atoms with E-state index in [4.69, 9.17) is 16.3 Å². The van der Waals surface area contributed by atoms with Crippen molar-refractivity contribution in [3.63, 3.8) is 0 Å². The van der Waals surface area contributed by atoms with Gasteiger partial charge >= 0.3 is 0 Å². The zero-order valence-corrected chi connectivity index (χ0v) is 8.81. The zero-order valence-electron chi connectivity index (χ0n) is 8.05. The van der Waals surface area contributed by atoms with Crippen molar-refractivity contribution in [2.75, 3.05) is 6.61 Å². The van der Waals surface area contributed by atoms with E-state index in [0.717, 1.165) is 0 Å². The van der Waals surface area contributed by atoms with Gasteiger partial charge in [0, 0.05) is 12.2 Å². The highest BCUT2D eigenvalue weighted by Gasteiger charge is 2.23. The number of hydrogen-bond donors (Lipinski definition) is 1.